The lowest BCUT2D eigenvalue weighted by molar-refractivity contribution is -0.310. The first-order valence-electron chi connectivity index (χ1n) is 26.3. The Labute approximate surface area is 450 Å². The number of carbonyl (C=O) groups excluding carboxylic acids is 1. The van der Waals surface area contributed by atoms with Crippen molar-refractivity contribution in [1.82, 2.24) is 20.2 Å². The zero-order chi connectivity index (χ0) is 56.0. The van der Waals surface area contributed by atoms with Crippen molar-refractivity contribution >= 4 is 29.3 Å². The van der Waals surface area contributed by atoms with Crippen molar-refractivity contribution in [3.63, 3.8) is 0 Å². The van der Waals surface area contributed by atoms with E-state index in [4.69, 9.17) is 31.2 Å². The molecule has 4 heterocycles. The number of rotatable bonds is 8. The van der Waals surface area contributed by atoms with Crippen LogP contribution in [-0.2, 0) is 35.1 Å². The molecule has 0 radical (unpaired) electrons. The predicted molar refractivity (Wildman–Crippen MR) is 283 cm³/mol. The molecular weight excluding hydrogens is 1010 g/mol. The van der Waals surface area contributed by atoms with Gasteiger partial charge in [0.05, 0.1) is 79.8 Å². The molecule has 0 aliphatic carbocycles. The van der Waals surface area contributed by atoms with Crippen LogP contribution in [0.15, 0.2) is 91.6 Å². The molecule has 1 aromatic heterocycles. The minimum atomic E-state index is -2.39. The fraction of sp³-hybridized carbons (Fsp3) is 0.667. The molecule has 19 atom stereocenters. The number of aliphatic carboxylic acids is 1. The average molecular weight is 1090 g/mol. The minimum absolute atomic E-state index is 0.149. The Kier molecular flexibility index (Phi) is 27.6. The number of aromatic nitrogens is 2. The highest BCUT2D eigenvalue weighted by molar-refractivity contribution is 7.80. The Balaban J connectivity index is 1.54. The topological polar surface area (TPSA) is 335 Å². The Morgan fingerprint density at radius 2 is 1.43 bits per heavy atom. The highest BCUT2D eigenvalue weighted by Gasteiger charge is 2.51. The van der Waals surface area contributed by atoms with Crippen molar-refractivity contribution in [3.8, 4) is 0 Å². The third-order valence-corrected chi connectivity index (χ3v) is 14.2. The van der Waals surface area contributed by atoms with Crippen molar-refractivity contribution in [1.29, 1.82) is 0 Å². The summed E-state index contributed by atoms with van der Waals surface area (Å²) in [5, 5.41) is 127. The first-order valence-corrected chi connectivity index (χ1v) is 26.7. The van der Waals surface area contributed by atoms with Crippen molar-refractivity contribution in [2.24, 2.45) is 17.8 Å². The number of esters is 1. The number of fused-ring (bicyclic) bond motifs is 2. The molecule has 3 aliphatic rings. The van der Waals surface area contributed by atoms with E-state index in [2.05, 4.69) is 15.6 Å². The molecular formula is C54H84N4O17S. The van der Waals surface area contributed by atoms with E-state index in [1.807, 2.05) is 60.2 Å². The van der Waals surface area contributed by atoms with E-state index in [0.717, 1.165) is 12.8 Å². The second kappa shape index (κ2) is 32.6. The normalized spacial score (nSPS) is 40.3. The number of aliphatic hydroxyl groups is 10. The second-order valence-electron chi connectivity index (χ2n) is 20.3. The van der Waals surface area contributed by atoms with Crippen LogP contribution in [0.1, 0.15) is 98.3 Å². The minimum Gasteiger partial charge on any atom is -0.481 e. The molecule has 22 heteroatoms. The highest BCUT2D eigenvalue weighted by Crippen LogP contribution is 2.38. The van der Waals surface area contributed by atoms with Crippen LogP contribution in [0.4, 0.5) is 0 Å². The molecule has 21 nitrogen and oxygen atoms in total. The number of hydrogen-bond acceptors (Lipinski definition) is 18. The summed E-state index contributed by atoms with van der Waals surface area (Å²) < 4.78 is 25.7. The van der Waals surface area contributed by atoms with Gasteiger partial charge in [0, 0.05) is 56.6 Å². The number of hydrogen-bond donors (Lipinski definition) is 13. The molecule has 1 aromatic rings. The molecule has 0 spiro atoms. The third-order valence-electron chi connectivity index (χ3n) is 13.9. The Morgan fingerprint density at radius 1 is 0.789 bits per heavy atom. The lowest BCUT2D eigenvalue weighted by Gasteiger charge is -2.45. The van der Waals surface area contributed by atoms with E-state index in [1.54, 1.807) is 57.6 Å². The van der Waals surface area contributed by atoms with Crippen LogP contribution in [0, 0.1) is 17.8 Å². The molecule has 2 saturated heterocycles. The number of carboxylic acid groups (broad SMARTS) is 1. The number of nitrogens with one attached hydrogen (secondary N) is 2. The highest BCUT2D eigenvalue weighted by atomic mass is 32.1. The van der Waals surface area contributed by atoms with Crippen LogP contribution < -0.4 is 10.6 Å². The summed E-state index contributed by atoms with van der Waals surface area (Å²) in [6, 6.07) is -1.09. The van der Waals surface area contributed by atoms with Gasteiger partial charge in [0.1, 0.15) is 24.2 Å². The molecule has 3 aliphatic heterocycles. The van der Waals surface area contributed by atoms with Gasteiger partial charge in [0.25, 0.3) is 0 Å². The van der Waals surface area contributed by atoms with E-state index >= 15 is 0 Å². The number of ether oxygens (including phenoxy) is 4. The lowest BCUT2D eigenvalue weighted by Crippen LogP contribution is -2.65. The molecule has 0 aromatic carbocycles. The summed E-state index contributed by atoms with van der Waals surface area (Å²) in [6.45, 7) is 7.96. The SMILES string of the molecule is C[C@@H]1[C@H](O)[C@@H](C)/C=C/C=C/CC/C=C/C=C/C=C/C=C/[C@H](O[C@H]2O[C@H](C)[C@@H](O)[C@H](NC(=S)NCCCn3ccnc3)[C@@H]2O)C[C@@H]2O[C@](O)(C[C@@H](O)[C@H](O)CC[C@@H](O)C[C@@H](O)C[C@@H](O)CC(=O)O[C@H]1C)C[C@H](O)[C@H]2C(=O)O. The summed E-state index contributed by atoms with van der Waals surface area (Å²) in [5.41, 5.74) is 0. The standard InChI is InChI=1S/C54H84N4O17S/c1-33-18-15-13-11-9-7-5-6-8-10-12-14-16-19-40(74-52-50(68)47(49(67)36(4)73-52)57-53(76)56-22-17-24-58-25-23-55-32-58)29-44-46(51(69)70)43(64)31-54(71,75-44)30-42(63)41(62)21-20-37(59)26-38(60)27-39(61)28-45(65)72-35(3)34(2)48(33)66/h5-6,8,10-16,18-19,23,25,32-44,46-50,52,59-64,66-68,71H,7,9,17,20-22,24,26-31H2,1-4H3,(H,69,70)(H2,56,57,76)/b6-5+,10-8+,13-11+,14-12+,18-15+,19-16+/t33-,34-,35-,36+,37+,38+,39+,40-,41+,42+,43-,44-,46+,47-,48+,49+,50-,52+,54+/m0/s1. The summed E-state index contributed by atoms with van der Waals surface area (Å²) in [5.74, 6) is -6.92. The predicted octanol–water partition coefficient (Wildman–Crippen LogP) is 1.73. The lowest BCUT2D eigenvalue weighted by atomic mass is 9.82. The fourth-order valence-corrected chi connectivity index (χ4v) is 9.57. The maximum atomic E-state index is 12.7. The number of carboxylic acids is 1. The van der Waals surface area contributed by atoms with Gasteiger partial charge >= 0.3 is 11.9 Å². The summed E-state index contributed by atoms with van der Waals surface area (Å²) >= 11 is 5.49. The molecule has 0 amide bonds. The smallest absolute Gasteiger partial charge is 0.311 e. The third kappa shape index (κ3) is 21.9. The molecule has 428 valence electrons. The molecule has 13 N–H and O–H groups in total. The van der Waals surface area contributed by atoms with Crippen LogP contribution >= 0.6 is 12.2 Å². The molecule has 0 unspecified atom stereocenters. The van der Waals surface area contributed by atoms with E-state index in [1.165, 1.54) is 6.08 Å². The molecule has 2 bridgehead atoms. The number of nitrogens with zero attached hydrogens (tertiary/aromatic N) is 2. The van der Waals surface area contributed by atoms with Gasteiger partial charge in [0.15, 0.2) is 17.2 Å². The van der Waals surface area contributed by atoms with Crippen LogP contribution in [-0.4, -0.2) is 187 Å². The number of imidazole rings is 1. The second-order valence-corrected chi connectivity index (χ2v) is 20.8. The quantitative estimate of drug-likeness (QED) is 0.100. The number of carbonyl (C=O) groups is 2. The molecule has 4 rings (SSSR count). The maximum absolute atomic E-state index is 12.7. The zero-order valence-corrected chi connectivity index (χ0v) is 44.7. The van der Waals surface area contributed by atoms with E-state index in [-0.39, 0.29) is 43.1 Å². The fourth-order valence-electron chi connectivity index (χ4n) is 9.33. The van der Waals surface area contributed by atoms with E-state index < -0.39 is 141 Å². The Bertz CT molecular complexity index is 2070. The molecule has 76 heavy (non-hydrogen) atoms. The van der Waals surface area contributed by atoms with Crippen molar-refractivity contribution < 1.29 is 84.7 Å². The average Bonchev–Trinajstić information content (AvgIpc) is 3.87. The first-order chi connectivity index (χ1) is 36.1. The molecule has 0 saturated carbocycles. The van der Waals surface area contributed by atoms with E-state index in [0.29, 0.717) is 19.5 Å². The number of allylic oxidation sites excluding steroid dienone is 10. The van der Waals surface area contributed by atoms with Crippen LogP contribution in [0.25, 0.3) is 0 Å². The largest absolute Gasteiger partial charge is 0.481 e. The van der Waals surface area contributed by atoms with Crippen molar-refractivity contribution in [2.45, 2.75) is 202 Å². The van der Waals surface area contributed by atoms with Gasteiger partial charge in [-0.3, -0.25) is 9.59 Å². The van der Waals surface area contributed by atoms with Gasteiger partial charge in [-0.25, -0.2) is 4.98 Å². The Morgan fingerprint density at radius 3 is 2.12 bits per heavy atom. The number of thiocarbonyl (C=S) groups is 1. The number of aryl methyl sites for hydroxylation is 1. The van der Waals surface area contributed by atoms with Gasteiger partial charge in [-0.15, -0.1) is 0 Å². The van der Waals surface area contributed by atoms with Gasteiger partial charge in [-0.1, -0.05) is 86.8 Å². The summed E-state index contributed by atoms with van der Waals surface area (Å²) in [7, 11) is 0. The van der Waals surface area contributed by atoms with Gasteiger partial charge in [-0.05, 0) is 71.0 Å². The van der Waals surface area contributed by atoms with Gasteiger partial charge in [-0.2, -0.15) is 0 Å². The van der Waals surface area contributed by atoms with Crippen molar-refractivity contribution in [3.05, 3.63) is 91.6 Å². The van der Waals surface area contributed by atoms with Gasteiger partial charge in [0.2, 0.25) is 0 Å². The first kappa shape index (κ1) is 64.3. The van der Waals surface area contributed by atoms with Crippen LogP contribution in [0.3, 0.4) is 0 Å². The molecule has 2 fully saturated rings. The monoisotopic (exact) mass is 1090 g/mol. The van der Waals surface area contributed by atoms with Crippen molar-refractivity contribution in [2.75, 3.05) is 6.54 Å². The number of cyclic esters (lactones) is 1. The van der Waals surface area contributed by atoms with Gasteiger partial charge < -0.3 is 90.3 Å². The summed E-state index contributed by atoms with van der Waals surface area (Å²) in [4.78, 5) is 29.4. The van der Waals surface area contributed by atoms with Crippen LogP contribution in [0.5, 0.6) is 0 Å². The zero-order valence-electron chi connectivity index (χ0n) is 43.9. The van der Waals surface area contributed by atoms with Crippen LogP contribution in [0.2, 0.25) is 0 Å². The van der Waals surface area contributed by atoms with E-state index in [9.17, 15) is 65.8 Å². The number of aliphatic hydroxyl groups excluding tert-OH is 9. The Hall–Kier alpha value is -4.24. The maximum Gasteiger partial charge on any atom is 0.311 e. The summed E-state index contributed by atoms with van der Waals surface area (Å²) in [6.07, 6.45) is 7.68.